The first-order valence-corrected chi connectivity index (χ1v) is 13.5. The molecule has 12 nitrogen and oxygen atoms in total. The first-order valence-electron chi connectivity index (χ1n) is 13.5. The van der Waals surface area contributed by atoms with Gasteiger partial charge >= 0.3 is 0 Å². The molecule has 3 rings (SSSR count). The number of aryl methyl sites for hydroxylation is 2. The molecule has 0 spiro atoms. The van der Waals surface area contributed by atoms with Crippen molar-refractivity contribution in [2.75, 3.05) is 11.9 Å². The number of halogens is 1. The molecule has 0 aliphatic rings. The zero-order valence-electron chi connectivity index (χ0n) is 24.7. The Morgan fingerprint density at radius 2 is 1.84 bits per heavy atom. The molecule has 0 aliphatic heterocycles. The SMILES string of the molecule is C=C(C#N)C(=O)N(C)c1cccc(C[C@H](NC(=O)[C@@H](NC(=O)c2cc(C)on2)[C@@H](C)O)C(=O)NCc2ccc(C)cc2F)c1. The number of aromatic nitrogens is 1. The lowest BCUT2D eigenvalue weighted by molar-refractivity contribution is -0.131. The summed E-state index contributed by atoms with van der Waals surface area (Å²) in [7, 11) is 1.46. The van der Waals surface area contributed by atoms with Crippen LogP contribution >= 0.6 is 0 Å². The van der Waals surface area contributed by atoms with Crippen LogP contribution in [0.25, 0.3) is 0 Å². The molecule has 1 heterocycles. The van der Waals surface area contributed by atoms with E-state index in [9.17, 15) is 28.7 Å². The molecule has 1 aromatic heterocycles. The maximum absolute atomic E-state index is 14.4. The fourth-order valence-corrected chi connectivity index (χ4v) is 4.16. The van der Waals surface area contributed by atoms with Gasteiger partial charge in [-0.2, -0.15) is 5.26 Å². The van der Waals surface area contributed by atoms with E-state index in [-0.39, 0.29) is 29.8 Å². The minimum Gasteiger partial charge on any atom is -0.391 e. The van der Waals surface area contributed by atoms with Gasteiger partial charge in [0.1, 0.15) is 35.3 Å². The van der Waals surface area contributed by atoms with Gasteiger partial charge in [0.2, 0.25) is 11.8 Å². The lowest BCUT2D eigenvalue weighted by Gasteiger charge is -2.25. The van der Waals surface area contributed by atoms with Crippen molar-refractivity contribution in [1.29, 1.82) is 5.26 Å². The molecule has 3 aromatic rings. The molecule has 0 saturated carbocycles. The van der Waals surface area contributed by atoms with E-state index in [0.29, 0.717) is 22.6 Å². The number of aliphatic hydroxyl groups excluding tert-OH is 1. The Hall–Kier alpha value is -5.35. The zero-order chi connectivity index (χ0) is 32.6. The smallest absolute Gasteiger partial charge is 0.274 e. The molecule has 4 amide bonds. The normalized spacial score (nSPS) is 12.7. The summed E-state index contributed by atoms with van der Waals surface area (Å²) in [6.45, 7) is 7.86. The van der Waals surface area contributed by atoms with Crippen LogP contribution in [0.5, 0.6) is 0 Å². The highest BCUT2D eigenvalue weighted by molar-refractivity contribution is 6.07. The van der Waals surface area contributed by atoms with Crippen LogP contribution in [0.3, 0.4) is 0 Å². The third kappa shape index (κ3) is 8.59. The summed E-state index contributed by atoms with van der Waals surface area (Å²) in [6, 6.07) is 11.4. The number of rotatable bonds is 12. The summed E-state index contributed by atoms with van der Waals surface area (Å²) in [5, 5.41) is 30.5. The number of aliphatic hydroxyl groups is 1. The maximum Gasteiger partial charge on any atom is 0.274 e. The number of anilines is 1. The molecule has 44 heavy (non-hydrogen) atoms. The van der Waals surface area contributed by atoms with Crippen LogP contribution < -0.4 is 20.9 Å². The maximum atomic E-state index is 14.4. The minimum absolute atomic E-state index is 0.0913. The molecule has 0 unspecified atom stereocenters. The van der Waals surface area contributed by atoms with Crippen molar-refractivity contribution >= 4 is 29.3 Å². The van der Waals surface area contributed by atoms with Gasteiger partial charge in [0.25, 0.3) is 11.8 Å². The minimum atomic E-state index is -1.48. The number of hydrogen-bond acceptors (Lipinski definition) is 8. The Labute approximate surface area is 253 Å². The van der Waals surface area contributed by atoms with E-state index in [1.165, 1.54) is 37.1 Å². The molecule has 0 radical (unpaired) electrons. The fraction of sp³-hybridized carbons (Fsp3) is 0.290. The van der Waals surface area contributed by atoms with Crippen LogP contribution in [0, 0.1) is 31.0 Å². The number of carbonyl (C=O) groups excluding carboxylic acids is 4. The highest BCUT2D eigenvalue weighted by Crippen LogP contribution is 2.18. The third-order valence-corrected chi connectivity index (χ3v) is 6.64. The Morgan fingerprint density at radius 1 is 1.11 bits per heavy atom. The summed E-state index contributed by atoms with van der Waals surface area (Å²) >= 11 is 0. The van der Waals surface area contributed by atoms with Crippen LogP contribution in [0.2, 0.25) is 0 Å². The molecule has 0 aliphatic carbocycles. The summed E-state index contributed by atoms with van der Waals surface area (Å²) in [6.07, 6.45) is -1.46. The van der Waals surface area contributed by atoms with Gasteiger partial charge in [0.05, 0.1) is 6.10 Å². The number of nitrogens with one attached hydrogen (secondary N) is 3. The van der Waals surface area contributed by atoms with Crippen molar-refractivity contribution in [3.8, 4) is 6.07 Å². The molecular formula is C31H33FN6O6. The summed E-state index contributed by atoms with van der Waals surface area (Å²) in [5.74, 6) is -3.09. The van der Waals surface area contributed by atoms with Gasteiger partial charge in [0.15, 0.2) is 5.69 Å². The van der Waals surface area contributed by atoms with Gasteiger partial charge in [0, 0.05) is 37.3 Å². The molecule has 13 heteroatoms. The van der Waals surface area contributed by atoms with E-state index in [1.54, 1.807) is 50.2 Å². The molecule has 230 valence electrons. The van der Waals surface area contributed by atoms with E-state index < -0.39 is 47.6 Å². The number of nitriles is 1. The van der Waals surface area contributed by atoms with Crippen molar-refractivity contribution in [2.45, 2.75) is 51.9 Å². The van der Waals surface area contributed by atoms with Gasteiger partial charge in [-0.3, -0.25) is 19.2 Å². The van der Waals surface area contributed by atoms with Gasteiger partial charge in [-0.25, -0.2) is 4.39 Å². The van der Waals surface area contributed by atoms with E-state index in [0.717, 1.165) is 0 Å². The quantitative estimate of drug-likeness (QED) is 0.179. The van der Waals surface area contributed by atoms with Gasteiger partial charge < -0.3 is 30.5 Å². The Morgan fingerprint density at radius 3 is 2.45 bits per heavy atom. The standard InChI is InChI=1S/C31H33FN6O6/c1-17-9-10-22(24(32)11-17)16-34-28(40)25(14-21-7-6-8-23(13-21)38(5)31(43)18(2)15-33)35-30(42)27(20(4)39)36-29(41)26-12-19(3)44-37-26/h6-13,20,25,27,39H,2,14,16H2,1,3-5H3,(H,34,40)(H,35,42)(H,36,41)/t20-,25+,27+/m1/s1. The highest BCUT2D eigenvalue weighted by atomic mass is 19.1. The zero-order valence-corrected chi connectivity index (χ0v) is 24.7. The van der Waals surface area contributed by atoms with E-state index in [1.807, 2.05) is 0 Å². The molecular weight excluding hydrogens is 571 g/mol. The van der Waals surface area contributed by atoms with Crippen molar-refractivity contribution in [2.24, 2.45) is 0 Å². The second-order valence-corrected chi connectivity index (χ2v) is 10.2. The van der Waals surface area contributed by atoms with E-state index in [4.69, 9.17) is 9.78 Å². The molecule has 0 saturated heterocycles. The number of likely N-dealkylation sites (N-methyl/N-ethyl adjacent to an activating group) is 1. The molecule has 0 bridgehead atoms. The second kappa shape index (κ2) is 14.7. The topological polar surface area (TPSA) is 178 Å². The predicted octanol–water partition coefficient (Wildman–Crippen LogP) is 2.00. The van der Waals surface area contributed by atoms with Gasteiger partial charge in [-0.05, 0) is 50.1 Å². The summed E-state index contributed by atoms with van der Waals surface area (Å²) in [4.78, 5) is 53.0. The number of carbonyl (C=O) groups is 4. The monoisotopic (exact) mass is 604 g/mol. The van der Waals surface area contributed by atoms with Crippen molar-refractivity contribution in [3.63, 3.8) is 0 Å². The van der Waals surface area contributed by atoms with Crippen LogP contribution in [0.1, 0.15) is 39.9 Å². The molecule has 0 fully saturated rings. The largest absolute Gasteiger partial charge is 0.391 e. The first-order chi connectivity index (χ1) is 20.8. The predicted molar refractivity (Wildman–Crippen MR) is 157 cm³/mol. The highest BCUT2D eigenvalue weighted by Gasteiger charge is 2.31. The fourth-order valence-electron chi connectivity index (χ4n) is 4.16. The number of hydrogen-bond donors (Lipinski definition) is 4. The average Bonchev–Trinajstić information content (AvgIpc) is 3.43. The number of nitrogens with zero attached hydrogens (tertiary/aromatic N) is 3. The van der Waals surface area contributed by atoms with Crippen LogP contribution in [-0.2, 0) is 27.3 Å². The van der Waals surface area contributed by atoms with E-state index in [2.05, 4.69) is 27.7 Å². The second-order valence-electron chi connectivity index (χ2n) is 10.2. The lowest BCUT2D eigenvalue weighted by atomic mass is 10.0. The van der Waals surface area contributed by atoms with Gasteiger partial charge in [-0.15, -0.1) is 0 Å². The molecule has 3 atom stereocenters. The molecule has 2 aromatic carbocycles. The van der Waals surface area contributed by atoms with Crippen LogP contribution in [0.4, 0.5) is 10.1 Å². The molecule has 4 N–H and O–H groups in total. The average molecular weight is 605 g/mol. The van der Waals surface area contributed by atoms with E-state index >= 15 is 0 Å². The Bertz CT molecular complexity index is 1610. The van der Waals surface area contributed by atoms with Crippen molar-refractivity contribution in [3.05, 3.63) is 94.6 Å². The number of benzene rings is 2. The summed E-state index contributed by atoms with van der Waals surface area (Å²) in [5.41, 5.74) is 1.47. The summed E-state index contributed by atoms with van der Waals surface area (Å²) < 4.78 is 19.3. The first kappa shape index (κ1) is 33.2. The lowest BCUT2D eigenvalue weighted by Crippen LogP contribution is -2.57. The van der Waals surface area contributed by atoms with Crippen molar-refractivity contribution in [1.82, 2.24) is 21.1 Å². The Kier molecular flexibility index (Phi) is 11.1. The third-order valence-electron chi connectivity index (χ3n) is 6.64. The van der Waals surface area contributed by atoms with Crippen molar-refractivity contribution < 1.29 is 33.2 Å². The van der Waals surface area contributed by atoms with Crippen LogP contribution in [-0.4, -0.2) is 59.1 Å². The van der Waals surface area contributed by atoms with Crippen LogP contribution in [0.15, 0.2) is 65.2 Å². The number of amides is 4. The Balaban J connectivity index is 1.86. The van der Waals surface area contributed by atoms with Gasteiger partial charge in [-0.1, -0.05) is 36.0 Å².